The van der Waals surface area contributed by atoms with Gasteiger partial charge in [-0.25, -0.2) is 0 Å². The molecule has 0 radical (unpaired) electrons. The molecular formula is C3H9O4P. The molecule has 0 saturated heterocycles. The van der Waals surface area contributed by atoms with E-state index in [9.17, 15) is 0 Å². The van der Waals surface area contributed by atoms with Crippen LogP contribution in [0.3, 0.4) is 0 Å². The topological polar surface area (TPSA) is 80.9 Å². The van der Waals surface area contributed by atoms with Gasteiger partial charge in [0.1, 0.15) is 0 Å². The standard InChI is InChI=1S/C3H9O4P/c1-2(4,5)3(6,7)8/h4-7H,8H2,1H3. The van der Waals surface area contributed by atoms with Gasteiger partial charge in [0.25, 0.3) is 0 Å². The first-order valence-corrected chi connectivity index (χ1v) is 2.51. The van der Waals surface area contributed by atoms with Gasteiger partial charge in [-0.05, 0) is 6.92 Å². The number of hydrogen-bond acceptors (Lipinski definition) is 4. The molecule has 4 nitrogen and oxygen atoms in total. The summed E-state index contributed by atoms with van der Waals surface area (Å²) in [6.07, 6.45) is 0. The maximum absolute atomic E-state index is 8.39. The van der Waals surface area contributed by atoms with Crippen molar-refractivity contribution in [1.82, 2.24) is 0 Å². The van der Waals surface area contributed by atoms with Crippen molar-refractivity contribution in [3.05, 3.63) is 0 Å². The fourth-order valence-corrected chi connectivity index (χ4v) is 0. The summed E-state index contributed by atoms with van der Waals surface area (Å²) in [4.78, 5) is 0. The lowest BCUT2D eigenvalue weighted by Gasteiger charge is -2.27. The first-order valence-electron chi connectivity index (χ1n) is 1.93. The molecule has 1 unspecified atom stereocenters. The largest absolute Gasteiger partial charge is 0.361 e. The molecule has 0 rings (SSSR count). The van der Waals surface area contributed by atoms with Crippen LogP contribution < -0.4 is 0 Å². The highest BCUT2D eigenvalue weighted by molar-refractivity contribution is 7.18. The lowest BCUT2D eigenvalue weighted by molar-refractivity contribution is -0.300. The molecule has 4 N–H and O–H groups in total. The zero-order chi connectivity index (χ0) is 7.00. The summed E-state index contributed by atoms with van der Waals surface area (Å²) in [7, 11) is 1.47. The molecule has 0 aromatic carbocycles. The van der Waals surface area contributed by atoms with Gasteiger partial charge in [0.15, 0.2) is 0 Å². The molecule has 0 bridgehead atoms. The number of hydrogen-bond donors (Lipinski definition) is 4. The molecule has 8 heavy (non-hydrogen) atoms. The minimum atomic E-state index is -2.53. The highest BCUT2D eigenvalue weighted by Gasteiger charge is 2.38. The lowest BCUT2D eigenvalue weighted by Crippen LogP contribution is -2.47. The van der Waals surface area contributed by atoms with Crippen LogP contribution >= 0.6 is 9.24 Å². The monoisotopic (exact) mass is 140 g/mol. The van der Waals surface area contributed by atoms with Crippen LogP contribution in [0.25, 0.3) is 0 Å². The molecular weight excluding hydrogens is 131 g/mol. The van der Waals surface area contributed by atoms with Crippen molar-refractivity contribution in [3.8, 4) is 0 Å². The third kappa shape index (κ3) is 2.03. The van der Waals surface area contributed by atoms with Crippen LogP contribution in [0.2, 0.25) is 0 Å². The molecule has 0 fully saturated rings. The van der Waals surface area contributed by atoms with Crippen LogP contribution in [-0.4, -0.2) is 31.7 Å². The van der Waals surface area contributed by atoms with E-state index in [0.717, 1.165) is 6.92 Å². The van der Waals surface area contributed by atoms with E-state index in [0.29, 0.717) is 0 Å². The molecule has 50 valence electrons. The first kappa shape index (κ1) is 8.27. The van der Waals surface area contributed by atoms with Gasteiger partial charge in [-0.15, -0.1) is 0 Å². The minimum absolute atomic E-state index is 0.861. The first-order chi connectivity index (χ1) is 3.25. The minimum Gasteiger partial charge on any atom is -0.361 e. The Balaban J connectivity index is 4.02. The summed E-state index contributed by atoms with van der Waals surface area (Å²) in [5.41, 5.74) is -2.53. The fraction of sp³-hybridized carbons (Fsp3) is 1.00. The average Bonchev–Trinajstić information content (AvgIpc) is 1.25. The van der Waals surface area contributed by atoms with Gasteiger partial charge in [0.05, 0.1) is 0 Å². The highest BCUT2D eigenvalue weighted by atomic mass is 31.0. The van der Waals surface area contributed by atoms with Crippen molar-refractivity contribution >= 4 is 9.24 Å². The highest BCUT2D eigenvalue weighted by Crippen LogP contribution is 2.22. The van der Waals surface area contributed by atoms with Gasteiger partial charge in [0, 0.05) is 0 Å². The third-order valence-electron chi connectivity index (χ3n) is 0.697. The van der Waals surface area contributed by atoms with E-state index >= 15 is 0 Å². The Labute approximate surface area is 49.0 Å². The summed E-state index contributed by atoms with van der Waals surface area (Å²) < 4.78 is 0. The molecule has 0 aromatic heterocycles. The van der Waals surface area contributed by atoms with Crippen LogP contribution in [-0.2, 0) is 0 Å². The van der Waals surface area contributed by atoms with E-state index in [1.54, 1.807) is 0 Å². The average molecular weight is 140 g/mol. The predicted molar refractivity (Wildman–Crippen MR) is 29.7 cm³/mol. The lowest BCUT2D eigenvalue weighted by atomic mass is 10.3. The second-order valence-corrected chi connectivity index (χ2v) is 2.55. The number of rotatable bonds is 1. The van der Waals surface area contributed by atoms with Gasteiger partial charge < -0.3 is 20.4 Å². The molecule has 0 aromatic rings. The molecule has 0 aliphatic heterocycles. The second-order valence-electron chi connectivity index (χ2n) is 1.75. The van der Waals surface area contributed by atoms with Crippen molar-refractivity contribution in [3.63, 3.8) is 0 Å². The Bertz CT molecular complexity index is 66.3. The zero-order valence-electron chi connectivity index (χ0n) is 4.37. The van der Waals surface area contributed by atoms with Crippen LogP contribution in [0.5, 0.6) is 0 Å². The van der Waals surface area contributed by atoms with Crippen molar-refractivity contribution in [2.24, 2.45) is 0 Å². The predicted octanol–water partition coefficient (Wildman–Crippen LogP) is -1.80. The number of aliphatic hydroxyl groups is 4. The van der Waals surface area contributed by atoms with E-state index in [2.05, 4.69) is 0 Å². The van der Waals surface area contributed by atoms with Gasteiger partial charge in [-0.1, -0.05) is 9.24 Å². The van der Waals surface area contributed by atoms with E-state index in [-0.39, 0.29) is 0 Å². The summed E-state index contributed by atoms with van der Waals surface area (Å²) >= 11 is 0. The fourth-order valence-electron chi connectivity index (χ4n) is 0. The Hall–Kier alpha value is 0.270. The normalized spacial score (nSPS) is 14.2. The van der Waals surface area contributed by atoms with Gasteiger partial charge in [0.2, 0.25) is 11.3 Å². The van der Waals surface area contributed by atoms with Gasteiger partial charge >= 0.3 is 0 Å². The van der Waals surface area contributed by atoms with Gasteiger partial charge in [-0.2, -0.15) is 0 Å². The van der Waals surface area contributed by atoms with Crippen molar-refractivity contribution in [1.29, 1.82) is 0 Å². The second kappa shape index (κ2) is 1.90. The molecule has 1 atom stereocenters. The third-order valence-corrected chi connectivity index (χ3v) is 1.24. The van der Waals surface area contributed by atoms with Crippen molar-refractivity contribution in [2.45, 2.75) is 18.2 Å². The van der Waals surface area contributed by atoms with Gasteiger partial charge in [-0.3, -0.25) is 0 Å². The SMILES string of the molecule is CC(O)(O)C(O)(O)P. The molecule has 0 aliphatic carbocycles. The van der Waals surface area contributed by atoms with Crippen molar-refractivity contribution < 1.29 is 20.4 Å². The molecule has 0 saturated carbocycles. The van der Waals surface area contributed by atoms with E-state index in [1.165, 1.54) is 9.24 Å². The van der Waals surface area contributed by atoms with Crippen LogP contribution in [0.4, 0.5) is 0 Å². The molecule has 5 heteroatoms. The Morgan fingerprint density at radius 1 is 1.12 bits per heavy atom. The Morgan fingerprint density at radius 3 is 1.25 bits per heavy atom. The van der Waals surface area contributed by atoms with E-state index in [4.69, 9.17) is 20.4 Å². The van der Waals surface area contributed by atoms with E-state index in [1.807, 2.05) is 0 Å². The van der Waals surface area contributed by atoms with Crippen LogP contribution in [0.15, 0.2) is 0 Å². The van der Waals surface area contributed by atoms with Crippen molar-refractivity contribution in [2.75, 3.05) is 0 Å². The summed E-state index contributed by atoms with van der Waals surface area (Å²) in [5.74, 6) is -2.49. The maximum Gasteiger partial charge on any atom is 0.230 e. The summed E-state index contributed by atoms with van der Waals surface area (Å²) in [6, 6.07) is 0. The maximum atomic E-state index is 8.39. The smallest absolute Gasteiger partial charge is 0.230 e. The summed E-state index contributed by atoms with van der Waals surface area (Å²) in [6.45, 7) is 0.861. The van der Waals surface area contributed by atoms with Crippen LogP contribution in [0, 0.1) is 0 Å². The summed E-state index contributed by atoms with van der Waals surface area (Å²) in [5, 5.41) is 33.5. The Morgan fingerprint density at radius 2 is 1.25 bits per heavy atom. The molecule has 0 aliphatic rings. The molecule has 0 spiro atoms. The van der Waals surface area contributed by atoms with Crippen LogP contribution in [0.1, 0.15) is 6.92 Å². The molecule has 0 amide bonds. The van der Waals surface area contributed by atoms with E-state index < -0.39 is 11.3 Å². The Kier molecular flexibility index (Phi) is 1.96. The molecule has 0 heterocycles. The quantitative estimate of drug-likeness (QED) is 0.256. The zero-order valence-corrected chi connectivity index (χ0v) is 5.52.